The highest BCUT2D eigenvalue weighted by atomic mass is 79.9. The third kappa shape index (κ3) is 1.31. The third-order valence-electron chi connectivity index (χ3n) is 2.28. The van der Waals surface area contributed by atoms with Gasteiger partial charge in [0.25, 0.3) is 0 Å². The van der Waals surface area contributed by atoms with E-state index in [1.54, 1.807) is 6.92 Å². The zero-order valence-corrected chi connectivity index (χ0v) is 10.6. The Kier molecular flexibility index (Phi) is 2.61. The van der Waals surface area contributed by atoms with Crippen molar-refractivity contribution < 1.29 is 9.84 Å². The molecule has 0 saturated carbocycles. The van der Waals surface area contributed by atoms with Gasteiger partial charge in [-0.15, -0.1) is 5.92 Å². The molecule has 1 N–H and O–H groups in total. The summed E-state index contributed by atoms with van der Waals surface area (Å²) in [7, 11) is 0. The van der Waals surface area contributed by atoms with Crippen molar-refractivity contribution in [3.8, 4) is 11.8 Å². The van der Waals surface area contributed by atoms with Crippen LogP contribution in [0.3, 0.4) is 0 Å². The lowest BCUT2D eigenvalue weighted by atomic mass is 9.96. The highest BCUT2D eigenvalue weighted by Crippen LogP contribution is 2.44. The Morgan fingerprint density at radius 1 is 1.50 bits per heavy atom. The number of halogens is 2. The van der Waals surface area contributed by atoms with Gasteiger partial charge in [0.2, 0.25) is 0 Å². The van der Waals surface area contributed by atoms with Crippen LogP contribution in [0.4, 0.5) is 0 Å². The van der Waals surface area contributed by atoms with Crippen molar-refractivity contribution in [2.45, 2.75) is 24.7 Å². The SMILES string of the molecule is CC#CC1(O)C(Br)=C(Br)[C@H]2C=C[C@@H]1O2. The van der Waals surface area contributed by atoms with Gasteiger partial charge in [-0.05, 0) is 6.92 Å². The molecule has 2 aliphatic heterocycles. The number of aliphatic hydroxyl groups is 1. The van der Waals surface area contributed by atoms with E-state index in [1.165, 1.54) is 0 Å². The molecule has 2 rings (SSSR count). The molecule has 0 radical (unpaired) electrons. The molecule has 0 aromatic carbocycles. The Balaban J connectivity index is 2.55. The zero-order chi connectivity index (χ0) is 10.3. The largest absolute Gasteiger partial charge is 0.370 e. The zero-order valence-electron chi connectivity index (χ0n) is 7.42. The van der Waals surface area contributed by atoms with Gasteiger partial charge >= 0.3 is 0 Å². The van der Waals surface area contributed by atoms with Gasteiger partial charge in [0.05, 0.1) is 4.48 Å². The lowest BCUT2D eigenvalue weighted by molar-refractivity contribution is -0.0364. The summed E-state index contributed by atoms with van der Waals surface area (Å²) in [6, 6.07) is 0. The molecule has 2 heterocycles. The van der Waals surface area contributed by atoms with Crippen LogP contribution in [-0.2, 0) is 4.74 Å². The standard InChI is InChI=1S/C10H8Br2O2/c1-2-5-10(13)7-4-3-6(14-7)8(11)9(10)12/h3-4,6-7,13H,1H3/t6-,7+,10?/m1/s1. The summed E-state index contributed by atoms with van der Waals surface area (Å²) in [5.41, 5.74) is -1.25. The van der Waals surface area contributed by atoms with Crippen molar-refractivity contribution in [2.24, 2.45) is 0 Å². The molecular weight excluding hydrogens is 312 g/mol. The van der Waals surface area contributed by atoms with Gasteiger partial charge in [0.15, 0.2) is 5.60 Å². The molecule has 74 valence electrons. The molecule has 0 amide bonds. The molecule has 1 unspecified atom stereocenters. The predicted molar refractivity (Wildman–Crippen MR) is 61.1 cm³/mol. The van der Waals surface area contributed by atoms with Gasteiger partial charge in [0, 0.05) is 4.48 Å². The monoisotopic (exact) mass is 318 g/mol. The van der Waals surface area contributed by atoms with E-state index in [0.717, 1.165) is 4.48 Å². The van der Waals surface area contributed by atoms with Crippen LogP contribution in [0.1, 0.15) is 6.92 Å². The summed E-state index contributed by atoms with van der Waals surface area (Å²) in [5, 5.41) is 10.3. The first-order chi connectivity index (χ1) is 6.59. The summed E-state index contributed by atoms with van der Waals surface area (Å²) in [6.45, 7) is 1.69. The van der Waals surface area contributed by atoms with Crippen LogP contribution in [0.5, 0.6) is 0 Å². The maximum atomic E-state index is 10.3. The molecule has 2 bridgehead atoms. The number of rotatable bonds is 0. The first-order valence-electron chi connectivity index (χ1n) is 4.15. The highest BCUT2D eigenvalue weighted by molar-refractivity contribution is 9.14. The number of hydrogen-bond donors (Lipinski definition) is 1. The second-order valence-electron chi connectivity index (χ2n) is 3.17. The van der Waals surface area contributed by atoms with Crippen LogP contribution in [0.15, 0.2) is 21.1 Å². The molecule has 0 fully saturated rings. The summed E-state index contributed by atoms with van der Waals surface area (Å²) < 4.78 is 7.01. The number of ether oxygens (including phenoxy) is 1. The van der Waals surface area contributed by atoms with Crippen molar-refractivity contribution in [2.75, 3.05) is 0 Å². The minimum Gasteiger partial charge on any atom is -0.370 e. The van der Waals surface area contributed by atoms with Crippen molar-refractivity contribution in [1.82, 2.24) is 0 Å². The lowest BCUT2D eigenvalue weighted by Crippen LogP contribution is -2.45. The van der Waals surface area contributed by atoms with E-state index >= 15 is 0 Å². The molecule has 0 aromatic heterocycles. The summed E-state index contributed by atoms with van der Waals surface area (Å²) in [4.78, 5) is 0. The Hall–Kier alpha value is -0.0800. The Labute approximate surface area is 99.3 Å². The van der Waals surface area contributed by atoms with E-state index in [4.69, 9.17) is 4.74 Å². The van der Waals surface area contributed by atoms with E-state index in [2.05, 4.69) is 43.7 Å². The topological polar surface area (TPSA) is 29.5 Å². The second-order valence-corrected chi connectivity index (χ2v) is 4.81. The van der Waals surface area contributed by atoms with Crippen molar-refractivity contribution >= 4 is 31.9 Å². The van der Waals surface area contributed by atoms with Crippen molar-refractivity contribution in [3.05, 3.63) is 21.1 Å². The Morgan fingerprint density at radius 3 is 2.86 bits per heavy atom. The van der Waals surface area contributed by atoms with E-state index in [0.29, 0.717) is 4.48 Å². The minimum atomic E-state index is -1.25. The molecule has 4 heteroatoms. The first-order valence-corrected chi connectivity index (χ1v) is 5.74. The van der Waals surface area contributed by atoms with E-state index in [9.17, 15) is 5.11 Å². The first kappa shape index (κ1) is 10.4. The summed E-state index contributed by atoms with van der Waals surface area (Å²) in [6.07, 6.45) is 3.28. The fraction of sp³-hybridized carbons (Fsp3) is 0.400. The predicted octanol–water partition coefficient (Wildman–Crippen LogP) is 2.08. The van der Waals surface area contributed by atoms with Gasteiger partial charge in [-0.2, -0.15) is 0 Å². The van der Waals surface area contributed by atoms with E-state index < -0.39 is 5.60 Å². The van der Waals surface area contributed by atoms with Crippen LogP contribution in [0.25, 0.3) is 0 Å². The third-order valence-corrected chi connectivity index (χ3v) is 4.69. The van der Waals surface area contributed by atoms with Crippen LogP contribution in [-0.4, -0.2) is 22.9 Å². The molecule has 0 spiro atoms. The van der Waals surface area contributed by atoms with Crippen LogP contribution in [0, 0.1) is 11.8 Å². The summed E-state index contributed by atoms with van der Waals surface area (Å²) in [5.74, 6) is 5.48. The quantitative estimate of drug-likeness (QED) is 0.547. The molecule has 0 aliphatic carbocycles. The minimum absolute atomic E-state index is 0.0895. The molecule has 14 heavy (non-hydrogen) atoms. The number of fused-ring (bicyclic) bond motifs is 2. The van der Waals surface area contributed by atoms with E-state index in [-0.39, 0.29) is 12.2 Å². The van der Waals surface area contributed by atoms with E-state index in [1.807, 2.05) is 12.2 Å². The second kappa shape index (κ2) is 3.49. The van der Waals surface area contributed by atoms with Gasteiger partial charge in [-0.3, -0.25) is 0 Å². The van der Waals surface area contributed by atoms with Gasteiger partial charge in [-0.1, -0.05) is 49.9 Å². The maximum absolute atomic E-state index is 10.3. The fourth-order valence-electron chi connectivity index (χ4n) is 1.58. The molecule has 2 nitrogen and oxygen atoms in total. The van der Waals surface area contributed by atoms with Crippen molar-refractivity contribution in [1.29, 1.82) is 0 Å². The summed E-state index contributed by atoms with van der Waals surface area (Å²) >= 11 is 6.74. The average Bonchev–Trinajstić information content (AvgIpc) is 2.61. The molecule has 3 atom stereocenters. The van der Waals surface area contributed by atoms with Crippen LogP contribution < -0.4 is 0 Å². The smallest absolute Gasteiger partial charge is 0.188 e. The van der Waals surface area contributed by atoms with Gasteiger partial charge < -0.3 is 9.84 Å². The van der Waals surface area contributed by atoms with Crippen LogP contribution >= 0.6 is 31.9 Å². The Bertz CT molecular complexity index is 389. The lowest BCUT2D eigenvalue weighted by Gasteiger charge is -2.34. The number of hydrogen-bond acceptors (Lipinski definition) is 2. The fourth-order valence-corrected chi connectivity index (χ4v) is 2.69. The molecular formula is C10H8Br2O2. The Morgan fingerprint density at radius 2 is 2.21 bits per heavy atom. The normalized spacial score (nSPS) is 39.7. The average molecular weight is 320 g/mol. The van der Waals surface area contributed by atoms with Gasteiger partial charge in [0.1, 0.15) is 12.2 Å². The molecule has 0 aromatic rings. The maximum Gasteiger partial charge on any atom is 0.188 e. The van der Waals surface area contributed by atoms with Gasteiger partial charge in [-0.25, -0.2) is 0 Å². The highest BCUT2D eigenvalue weighted by Gasteiger charge is 2.47. The van der Waals surface area contributed by atoms with Crippen molar-refractivity contribution in [3.63, 3.8) is 0 Å². The van der Waals surface area contributed by atoms with Crippen LogP contribution in [0.2, 0.25) is 0 Å². The molecule has 2 aliphatic rings. The molecule has 0 saturated heterocycles.